The van der Waals surface area contributed by atoms with E-state index in [1.165, 1.54) is 0 Å². The van der Waals surface area contributed by atoms with Crippen molar-refractivity contribution in [2.45, 2.75) is 11.8 Å². The van der Waals surface area contributed by atoms with Crippen molar-refractivity contribution in [3.8, 4) is 17.9 Å². The van der Waals surface area contributed by atoms with Gasteiger partial charge in [-0.2, -0.15) is 10.5 Å². The van der Waals surface area contributed by atoms with Gasteiger partial charge in [-0.05, 0) is 17.7 Å². The van der Waals surface area contributed by atoms with Crippen molar-refractivity contribution < 1.29 is 19.2 Å². The van der Waals surface area contributed by atoms with Gasteiger partial charge in [-0.3, -0.25) is 5.73 Å². The average molecular weight is 311 g/mol. The molecule has 0 bridgehead atoms. The molecule has 1 aromatic rings. The van der Waals surface area contributed by atoms with Crippen molar-refractivity contribution in [2.24, 2.45) is 16.6 Å². The number of ether oxygens (including phenoxy) is 3. The Hall–Kier alpha value is -2.61. The Morgan fingerprint density at radius 2 is 2.04 bits per heavy atom. The SMILES string of the molecule is COc1cccc([C@H]2[C@]3(C#N)C(N)=[NH+]C4(OCCO4)[C@]23C#N)c1. The van der Waals surface area contributed by atoms with Gasteiger partial charge in [0, 0.05) is 5.92 Å². The highest BCUT2D eigenvalue weighted by Crippen LogP contribution is 2.79. The Morgan fingerprint density at radius 1 is 1.30 bits per heavy atom. The second-order valence-electron chi connectivity index (χ2n) is 5.90. The van der Waals surface area contributed by atoms with Crippen LogP contribution in [0.4, 0.5) is 0 Å². The molecule has 3 N–H and O–H groups in total. The third-order valence-corrected chi connectivity index (χ3v) is 5.12. The standard InChI is InChI=1S/C16H14N4O3/c1-21-11-4-2-3-10(7-11)12-14(8-17)13(19)20-16(15(12,14)9-18)22-5-6-23-16/h2-4,7,12H,5-6H2,1H3,(H2,19,20)/p+1/t12-,14+,15+/m0/s1. The summed E-state index contributed by atoms with van der Waals surface area (Å²) in [5.41, 5.74) is 4.52. The molecular formula is C16H15N4O3+. The summed E-state index contributed by atoms with van der Waals surface area (Å²) >= 11 is 0. The Morgan fingerprint density at radius 3 is 2.65 bits per heavy atom. The van der Waals surface area contributed by atoms with Crippen LogP contribution in [0.3, 0.4) is 0 Å². The summed E-state index contributed by atoms with van der Waals surface area (Å²) in [5, 5.41) is 19.8. The first-order chi connectivity index (χ1) is 11.1. The second-order valence-corrected chi connectivity index (χ2v) is 5.90. The molecule has 0 unspecified atom stereocenters. The molecule has 2 aliphatic heterocycles. The third-order valence-electron chi connectivity index (χ3n) is 5.12. The van der Waals surface area contributed by atoms with Gasteiger partial charge >= 0.3 is 5.91 Å². The number of fused-ring (bicyclic) bond motifs is 2. The van der Waals surface area contributed by atoms with E-state index >= 15 is 0 Å². The van der Waals surface area contributed by atoms with Crippen LogP contribution in [0.25, 0.3) is 0 Å². The molecule has 1 saturated carbocycles. The summed E-state index contributed by atoms with van der Waals surface area (Å²) in [6.45, 7) is 0.687. The summed E-state index contributed by atoms with van der Waals surface area (Å²) in [6, 6.07) is 11.8. The van der Waals surface area contributed by atoms with E-state index in [9.17, 15) is 10.5 Å². The zero-order valence-corrected chi connectivity index (χ0v) is 12.5. The smallest absolute Gasteiger partial charge is 0.343 e. The van der Waals surface area contributed by atoms with E-state index in [0.29, 0.717) is 19.0 Å². The predicted octanol–water partition coefficient (Wildman–Crippen LogP) is -1.04. The number of hydrogen-bond donors (Lipinski definition) is 2. The summed E-state index contributed by atoms with van der Waals surface area (Å²) in [6.07, 6.45) is 0. The topological polar surface area (TPSA) is 115 Å². The fourth-order valence-corrected chi connectivity index (χ4v) is 4.14. The highest BCUT2D eigenvalue weighted by molar-refractivity contribution is 5.95. The monoisotopic (exact) mass is 311 g/mol. The fraction of sp³-hybridized carbons (Fsp3) is 0.438. The Balaban J connectivity index is 1.91. The predicted molar refractivity (Wildman–Crippen MR) is 76.6 cm³/mol. The molecule has 23 heavy (non-hydrogen) atoms. The molecule has 3 atom stereocenters. The number of nitrogens with zero attached hydrogens (tertiary/aromatic N) is 2. The van der Waals surface area contributed by atoms with Gasteiger partial charge in [0.05, 0.1) is 32.5 Å². The maximum Gasteiger partial charge on any atom is 0.343 e. The maximum absolute atomic E-state index is 9.96. The Bertz CT molecular complexity index is 802. The van der Waals surface area contributed by atoms with Gasteiger partial charge in [0.2, 0.25) is 0 Å². The molecule has 1 aromatic carbocycles. The Kier molecular flexibility index (Phi) is 2.57. The first-order valence-electron chi connectivity index (χ1n) is 7.27. The lowest BCUT2D eigenvalue weighted by atomic mass is 9.94. The first kappa shape index (κ1) is 14.0. The number of hydrogen-bond acceptors (Lipinski definition) is 6. The summed E-state index contributed by atoms with van der Waals surface area (Å²) in [5.74, 6) is -0.937. The lowest BCUT2D eigenvalue weighted by Crippen LogP contribution is -2.89. The van der Waals surface area contributed by atoms with E-state index in [2.05, 4.69) is 17.1 Å². The largest absolute Gasteiger partial charge is 0.497 e. The van der Waals surface area contributed by atoms with Gasteiger partial charge in [0.1, 0.15) is 5.75 Å². The van der Waals surface area contributed by atoms with Crippen LogP contribution in [0, 0.1) is 33.5 Å². The molecule has 2 heterocycles. The van der Waals surface area contributed by atoms with Crippen molar-refractivity contribution in [1.82, 2.24) is 0 Å². The average Bonchev–Trinajstić information content (AvgIpc) is 2.84. The van der Waals surface area contributed by atoms with E-state index in [1.54, 1.807) is 7.11 Å². The van der Waals surface area contributed by atoms with Gasteiger partial charge in [0.25, 0.3) is 5.84 Å². The van der Waals surface area contributed by atoms with E-state index < -0.39 is 22.7 Å². The highest BCUT2D eigenvalue weighted by Gasteiger charge is 2.97. The molecule has 0 amide bonds. The molecule has 0 aromatic heterocycles. The van der Waals surface area contributed by atoms with Crippen LogP contribution in [-0.2, 0) is 9.47 Å². The van der Waals surface area contributed by atoms with Crippen LogP contribution in [0.15, 0.2) is 24.3 Å². The number of amidine groups is 1. The van der Waals surface area contributed by atoms with Crippen molar-refractivity contribution in [1.29, 1.82) is 10.5 Å². The van der Waals surface area contributed by atoms with Gasteiger partial charge < -0.3 is 14.2 Å². The van der Waals surface area contributed by atoms with E-state index in [4.69, 9.17) is 19.9 Å². The minimum Gasteiger partial charge on any atom is -0.497 e. The molecule has 0 radical (unpaired) electrons. The van der Waals surface area contributed by atoms with Gasteiger partial charge in [-0.1, -0.05) is 12.1 Å². The third kappa shape index (κ3) is 1.29. The van der Waals surface area contributed by atoms with Gasteiger partial charge in [0.15, 0.2) is 10.8 Å². The van der Waals surface area contributed by atoms with Crippen LogP contribution in [-0.4, -0.2) is 32.1 Å². The fourth-order valence-electron chi connectivity index (χ4n) is 4.14. The molecule has 1 aliphatic carbocycles. The van der Waals surface area contributed by atoms with Crippen molar-refractivity contribution >= 4 is 5.84 Å². The van der Waals surface area contributed by atoms with Crippen molar-refractivity contribution in [3.63, 3.8) is 0 Å². The molecule has 116 valence electrons. The zero-order chi connectivity index (χ0) is 16.3. The van der Waals surface area contributed by atoms with Crippen LogP contribution in [0.1, 0.15) is 11.5 Å². The molecule has 3 aliphatic rings. The van der Waals surface area contributed by atoms with Crippen LogP contribution in [0.5, 0.6) is 5.75 Å². The normalized spacial score (nSPS) is 36.0. The van der Waals surface area contributed by atoms with Crippen LogP contribution in [0.2, 0.25) is 0 Å². The lowest BCUT2D eigenvalue weighted by Gasteiger charge is -2.23. The van der Waals surface area contributed by atoms with Gasteiger partial charge in [-0.15, -0.1) is 0 Å². The second kappa shape index (κ2) is 4.23. The number of nitrogens with two attached hydrogens (primary N) is 1. The number of nitriles is 2. The minimum absolute atomic E-state index is 0.219. The number of benzene rings is 1. The van der Waals surface area contributed by atoms with Crippen LogP contribution >= 0.6 is 0 Å². The summed E-state index contributed by atoms with van der Waals surface area (Å²) in [7, 11) is 1.57. The minimum atomic E-state index is -1.37. The quantitative estimate of drug-likeness (QED) is 0.721. The number of rotatable bonds is 2. The molecule has 2 fully saturated rings. The van der Waals surface area contributed by atoms with E-state index in [0.717, 1.165) is 5.56 Å². The maximum atomic E-state index is 9.96. The lowest BCUT2D eigenvalue weighted by molar-refractivity contribution is -0.676. The van der Waals surface area contributed by atoms with E-state index in [-0.39, 0.29) is 5.84 Å². The Labute approximate surface area is 132 Å². The molecule has 1 spiro atoms. The molecule has 1 saturated heterocycles. The first-order valence-corrected chi connectivity index (χ1v) is 7.27. The van der Waals surface area contributed by atoms with Crippen molar-refractivity contribution in [3.05, 3.63) is 29.8 Å². The summed E-state index contributed by atoms with van der Waals surface area (Å²) < 4.78 is 16.7. The van der Waals surface area contributed by atoms with Gasteiger partial charge in [-0.25, -0.2) is 4.99 Å². The number of methoxy groups -OCH3 is 1. The molecule has 7 heteroatoms. The highest BCUT2D eigenvalue weighted by atomic mass is 16.8. The number of nitrogens with one attached hydrogen (secondary N) is 1. The molecule has 4 rings (SSSR count). The van der Waals surface area contributed by atoms with E-state index in [1.807, 2.05) is 24.3 Å². The zero-order valence-electron chi connectivity index (χ0n) is 12.5. The molecule has 7 nitrogen and oxygen atoms in total. The summed E-state index contributed by atoms with van der Waals surface area (Å²) in [4.78, 5) is 2.91. The molecular weight excluding hydrogens is 296 g/mol. The van der Waals surface area contributed by atoms with Crippen LogP contribution < -0.4 is 15.5 Å². The van der Waals surface area contributed by atoms with Crippen molar-refractivity contribution in [2.75, 3.05) is 20.3 Å².